The first-order valence-electron chi connectivity index (χ1n) is 6.95. The number of fused-ring (bicyclic) bond motifs is 2. The molecule has 0 fully saturated rings. The number of benzene rings is 2. The van der Waals surface area contributed by atoms with Crippen LogP contribution in [0, 0.1) is 5.92 Å². The van der Waals surface area contributed by atoms with E-state index in [1.54, 1.807) is 0 Å². The molecule has 0 aliphatic carbocycles. The van der Waals surface area contributed by atoms with Crippen molar-refractivity contribution in [1.82, 2.24) is 5.32 Å². The standard InChI is InChI=1S/C17H18BrNO/c1-11(2)8-19-9-13-10-20-17-15(13)7-12-5-3-4-6-14(12)16(17)18/h3-7,10-11,19H,8-9H2,1-2H3. The lowest BCUT2D eigenvalue weighted by atomic mass is 10.1. The fourth-order valence-electron chi connectivity index (χ4n) is 2.46. The van der Waals surface area contributed by atoms with Crippen molar-refractivity contribution in [2.24, 2.45) is 5.92 Å². The van der Waals surface area contributed by atoms with Crippen molar-refractivity contribution in [3.8, 4) is 0 Å². The van der Waals surface area contributed by atoms with Gasteiger partial charge in [-0.25, -0.2) is 0 Å². The molecule has 0 bridgehead atoms. The molecule has 3 rings (SSSR count). The number of furan rings is 1. The molecule has 1 heterocycles. The minimum absolute atomic E-state index is 0.653. The molecule has 1 N–H and O–H groups in total. The van der Waals surface area contributed by atoms with Gasteiger partial charge in [0.05, 0.1) is 10.7 Å². The van der Waals surface area contributed by atoms with E-state index in [1.807, 2.05) is 12.3 Å². The lowest BCUT2D eigenvalue weighted by molar-refractivity contribution is 0.546. The molecule has 0 saturated carbocycles. The molecule has 0 atom stereocenters. The van der Waals surface area contributed by atoms with E-state index in [0.29, 0.717) is 5.92 Å². The van der Waals surface area contributed by atoms with Crippen LogP contribution in [0.1, 0.15) is 19.4 Å². The van der Waals surface area contributed by atoms with Crippen LogP contribution in [0.15, 0.2) is 45.5 Å². The summed E-state index contributed by atoms with van der Waals surface area (Å²) >= 11 is 3.67. The highest BCUT2D eigenvalue weighted by atomic mass is 79.9. The van der Waals surface area contributed by atoms with Crippen LogP contribution >= 0.6 is 15.9 Å². The number of hydrogen-bond donors (Lipinski definition) is 1. The smallest absolute Gasteiger partial charge is 0.149 e. The van der Waals surface area contributed by atoms with Crippen LogP contribution in [-0.2, 0) is 6.54 Å². The molecule has 104 valence electrons. The van der Waals surface area contributed by atoms with Crippen LogP contribution in [-0.4, -0.2) is 6.54 Å². The Morgan fingerprint density at radius 2 is 2.00 bits per heavy atom. The predicted molar refractivity (Wildman–Crippen MR) is 88.0 cm³/mol. The summed E-state index contributed by atoms with van der Waals surface area (Å²) in [5, 5.41) is 7.08. The van der Waals surface area contributed by atoms with Crippen LogP contribution in [0.2, 0.25) is 0 Å². The van der Waals surface area contributed by atoms with Gasteiger partial charge in [-0.05, 0) is 45.2 Å². The van der Waals surface area contributed by atoms with Gasteiger partial charge in [0.1, 0.15) is 5.58 Å². The Balaban J connectivity index is 2.03. The molecule has 0 radical (unpaired) electrons. The maximum Gasteiger partial charge on any atom is 0.149 e. The first-order chi connectivity index (χ1) is 9.66. The Labute approximate surface area is 127 Å². The van der Waals surface area contributed by atoms with E-state index < -0.39 is 0 Å². The molecule has 3 heteroatoms. The van der Waals surface area contributed by atoms with Gasteiger partial charge >= 0.3 is 0 Å². The van der Waals surface area contributed by atoms with E-state index in [0.717, 1.165) is 23.1 Å². The van der Waals surface area contributed by atoms with Crippen molar-refractivity contribution in [3.63, 3.8) is 0 Å². The molecule has 0 aliphatic rings. The molecule has 0 amide bonds. The average Bonchev–Trinajstić information content (AvgIpc) is 2.82. The van der Waals surface area contributed by atoms with E-state index >= 15 is 0 Å². The summed E-state index contributed by atoms with van der Waals surface area (Å²) in [6.07, 6.45) is 1.86. The summed E-state index contributed by atoms with van der Waals surface area (Å²) in [6, 6.07) is 10.6. The Morgan fingerprint density at radius 3 is 2.80 bits per heavy atom. The van der Waals surface area contributed by atoms with Crippen molar-refractivity contribution in [2.75, 3.05) is 6.54 Å². The highest BCUT2D eigenvalue weighted by Gasteiger charge is 2.12. The summed E-state index contributed by atoms with van der Waals surface area (Å²) in [6.45, 7) is 6.28. The molecular formula is C17H18BrNO. The minimum Gasteiger partial charge on any atom is -0.463 e. The summed E-state index contributed by atoms with van der Waals surface area (Å²) < 4.78 is 6.80. The molecule has 0 aliphatic heterocycles. The lowest BCUT2D eigenvalue weighted by Gasteiger charge is -2.06. The molecule has 0 spiro atoms. The average molecular weight is 332 g/mol. The van der Waals surface area contributed by atoms with Gasteiger partial charge in [0.15, 0.2) is 0 Å². The zero-order valence-electron chi connectivity index (χ0n) is 11.7. The molecule has 0 saturated heterocycles. The quantitative estimate of drug-likeness (QED) is 0.719. The Bertz CT molecular complexity index is 745. The normalized spacial score (nSPS) is 11.8. The second-order valence-corrected chi connectivity index (χ2v) is 6.37. The topological polar surface area (TPSA) is 25.2 Å². The molecule has 3 aromatic rings. The second kappa shape index (κ2) is 5.58. The number of rotatable bonds is 4. The number of hydrogen-bond acceptors (Lipinski definition) is 2. The highest BCUT2D eigenvalue weighted by Crippen LogP contribution is 2.35. The Morgan fingerprint density at radius 1 is 1.20 bits per heavy atom. The third kappa shape index (κ3) is 2.48. The van der Waals surface area contributed by atoms with Crippen molar-refractivity contribution in [1.29, 1.82) is 0 Å². The number of nitrogens with one attached hydrogen (secondary N) is 1. The van der Waals surface area contributed by atoms with Crippen LogP contribution in [0.4, 0.5) is 0 Å². The van der Waals surface area contributed by atoms with Gasteiger partial charge < -0.3 is 9.73 Å². The maximum absolute atomic E-state index is 5.76. The minimum atomic E-state index is 0.653. The van der Waals surface area contributed by atoms with E-state index in [2.05, 4.69) is 59.4 Å². The zero-order chi connectivity index (χ0) is 14.1. The van der Waals surface area contributed by atoms with Gasteiger partial charge in [0.2, 0.25) is 0 Å². The third-order valence-corrected chi connectivity index (χ3v) is 4.26. The summed E-state index contributed by atoms with van der Waals surface area (Å²) in [5.41, 5.74) is 2.15. The van der Waals surface area contributed by atoms with E-state index in [9.17, 15) is 0 Å². The first kappa shape index (κ1) is 13.7. The zero-order valence-corrected chi connectivity index (χ0v) is 13.3. The van der Waals surface area contributed by atoms with E-state index in [-0.39, 0.29) is 0 Å². The summed E-state index contributed by atoms with van der Waals surface area (Å²) in [7, 11) is 0. The molecule has 0 unspecified atom stereocenters. The number of halogens is 1. The largest absolute Gasteiger partial charge is 0.463 e. The van der Waals surface area contributed by atoms with Crippen molar-refractivity contribution < 1.29 is 4.42 Å². The van der Waals surface area contributed by atoms with E-state index in [1.165, 1.54) is 21.7 Å². The van der Waals surface area contributed by atoms with Crippen LogP contribution in [0.3, 0.4) is 0 Å². The predicted octanol–water partition coefficient (Wildman–Crippen LogP) is 5.09. The van der Waals surface area contributed by atoms with Crippen molar-refractivity contribution in [2.45, 2.75) is 20.4 Å². The molecule has 2 nitrogen and oxygen atoms in total. The van der Waals surface area contributed by atoms with Crippen LogP contribution in [0.5, 0.6) is 0 Å². The van der Waals surface area contributed by atoms with Crippen LogP contribution < -0.4 is 5.32 Å². The van der Waals surface area contributed by atoms with Gasteiger partial charge in [0.25, 0.3) is 0 Å². The third-order valence-electron chi connectivity index (χ3n) is 3.47. The van der Waals surface area contributed by atoms with Crippen molar-refractivity contribution in [3.05, 3.63) is 46.6 Å². The van der Waals surface area contributed by atoms with Gasteiger partial charge in [-0.1, -0.05) is 38.1 Å². The van der Waals surface area contributed by atoms with Crippen molar-refractivity contribution >= 4 is 37.7 Å². The lowest BCUT2D eigenvalue weighted by Crippen LogP contribution is -2.18. The SMILES string of the molecule is CC(C)CNCc1coc2c(Br)c3ccccc3cc12. The molecular weight excluding hydrogens is 314 g/mol. The molecule has 20 heavy (non-hydrogen) atoms. The summed E-state index contributed by atoms with van der Waals surface area (Å²) in [5.74, 6) is 0.653. The fraction of sp³-hybridized carbons (Fsp3) is 0.294. The van der Waals surface area contributed by atoms with Gasteiger partial charge in [-0.15, -0.1) is 0 Å². The van der Waals surface area contributed by atoms with Gasteiger partial charge in [-0.3, -0.25) is 0 Å². The maximum atomic E-state index is 5.76. The van der Waals surface area contributed by atoms with Crippen LogP contribution in [0.25, 0.3) is 21.7 Å². The van der Waals surface area contributed by atoms with E-state index in [4.69, 9.17) is 4.42 Å². The first-order valence-corrected chi connectivity index (χ1v) is 7.74. The monoisotopic (exact) mass is 331 g/mol. The summed E-state index contributed by atoms with van der Waals surface area (Å²) in [4.78, 5) is 0. The Kier molecular flexibility index (Phi) is 3.81. The van der Waals surface area contributed by atoms with Gasteiger partial charge in [0, 0.05) is 17.5 Å². The molecule has 2 aromatic carbocycles. The molecule has 1 aromatic heterocycles. The Hall–Kier alpha value is -1.32. The van der Waals surface area contributed by atoms with Gasteiger partial charge in [-0.2, -0.15) is 0 Å². The second-order valence-electron chi connectivity index (χ2n) is 5.57. The highest BCUT2D eigenvalue weighted by molar-refractivity contribution is 9.10. The fourth-order valence-corrected chi connectivity index (χ4v) is 3.13.